The van der Waals surface area contributed by atoms with Gasteiger partial charge in [0, 0.05) is 12.2 Å². The number of hydrogen-bond acceptors (Lipinski definition) is 2. The molecule has 0 radical (unpaired) electrons. The summed E-state index contributed by atoms with van der Waals surface area (Å²) in [6, 6.07) is 5.86. The number of amides is 2. The number of hydrogen-bond donors (Lipinski definition) is 1. The number of likely N-dealkylation sites (tertiary alicyclic amines) is 1. The van der Waals surface area contributed by atoms with Gasteiger partial charge < -0.3 is 10.2 Å². The van der Waals surface area contributed by atoms with Crippen LogP contribution in [0.25, 0.3) is 0 Å². The van der Waals surface area contributed by atoms with Gasteiger partial charge in [0.05, 0.1) is 0 Å². The summed E-state index contributed by atoms with van der Waals surface area (Å²) in [6.45, 7) is 1.79. The Labute approximate surface area is 119 Å². The lowest BCUT2D eigenvalue weighted by molar-refractivity contribution is -0.186. The van der Waals surface area contributed by atoms with Gasteiger partial charge in [-0.2, -0.15) is 13.2 Å². The van der Waals surface area contributed by atoms with Crippen LogP contribution in [0, 0.1) is 6.92 Å². The Morgan fingerprint density at radius 1 is 1.33 bits per heavy atom. The minimum atomic E-state index is -4.95. The van der Waals surface area contributed by atoms with Crippen molar-refractivity contribution >= 4 is 17.5 Å². The fraction of sp³-hybridized carbons (Fsp3) is 0.429. The fourth-order valence-electron chi connectivity index (χ4n) is 2.39. The maximum atomic E-state index is 12.5. The number of rotatable bonds is 2. The summed E-state index contributed by atoms with van der Waals surface area (Å²) in [5.74, 6) is -2.54. The number of alkyl halides is 3. The molecule has 0 aromatic heterocycles. The average Bonchev–Trinajstić information content (AvgIpc) is 2.85. The summed E-state index contributed by atoms with van der Waals surface area (Å²) in [5.41, 5.74) is 1.42. The summed E-state index contributed by atoms with van der Waals surface area (Å²) in [5, 5.41) is 2.56. The Hall–Kier alpha value is -2.05. The number of nitrogens with zero attached hydrogens (tertiary/aromatic N) is 1. The van der Waals surface area contributed by atoms with Crippen LogP contribution in [0.15, 0.2) is 24.3 Å². The third-order valence-corrected chi connectivity index (χ3v) is 3.34. The molecule has 2 amide bonds. The molecule has 114 valence electrons. The number of aryl methyl sites for hydroxylation is 1. The number of nitrogens with one attached hydrogen (secondary N) is 1. The van der Waals surface area contributed by atoms with Crippen molar-refractivity contribution in [3.63, 3.8) is 0 Å². The van der Waals surface area contributed by atoms with E-state index < -0.39 is 24.0 Å². The third kappa shape index (κ3) is 3.53. The van der Waals surface area contributed by atoms with E-state index in [1.807, 2.05) is 13.0 Å². The van der Waals surface area contributed by atoms with Crippen molar-refractivity contribution in [3.8, 4) is 0 Å². The second kappa shape index (κ2) is 5.75. The van der Waals surface area contributed by atoms with Crippen molar-refractivity contribution in [3.05, 3.63) is 29.8 Å². The monoisotopic (exact) mass is 300 g/mol. The van der Waals surface area contributed by atoms with Crippen LogP contribution in [-0.2, 0) is 9.59 Å². The molecule has 1 aliphatic heterocycles. The Bertz CT molecular complexity index is 557. The molecule has 1 unspecified atom stereocenters. The molecule has 1 aromatic carbocycles. The molecule has 1 aromatic rings. The molecule has 0 aliphatic carbocycles. The molecule has 21 heavy (non-hydrogen) atoms. The predicted octanol–water partition coefficient (Wildman–Crippen LogP) is 2.49. The van der Waals surface area contributed by atoms with Crippen LogP contribution in [0.2, 0.25) is 0 Å². The summed E-state index contributed by atoms with van der Waals surface area (Å²) < 4.78 is 37.5. The molecule has 0 spiro atoms. The largest absolute Gasteiger partial charge is 0.471 e. The summed E-state index contributed by atoms with van der Waals surface area (Å²) in [4.78, 5) is 24.0. The molecule has 4 nitrogen and oxygen atoms in total. The zero-order valence-corrected chi connectivity index (χ0v) is 11.4. The Morgan fingerprint density at radius 2 is 2.05 bits per heavy atom. The molecule has 0 bridgehead atoms. The van der Waals surface area contributed by atoms with Gasteiger partial charge in [-0.25, -0.2) is 0 Å². The van der Waals surface area contributed by atoms with Crippen molar-refractivity contribution < 1.29 is 22.8 Å². The fourth-order valence-corrected chi connectivity index (χ4v) is 2.39. The smallest absolute Gasteiger partial charge is 0.324 e. The van der Waals surface area contributed by atoms with Crippen molar-refractivity contribution in [2.24, 2.45) is 0 Å². The van der Waals surface area contributed by atoms with Crippen molar-refractivity contribution in [1.29, 1.82) is 0 Å². The van der Waals surface area contributed by atoms with Crippen LogP contribution < -0.4 is 5.32 Å². The van der Waals surface area contributed by atoms with Gasteiger partial charge in [-0.15, -0.1) is 0 Å². The van der Waals surface area contributed by atoms with Crippen LogP contribution in [0.1, 0.15) is 18.4 Å². The molecule has 1 heterocycles. The molecular formula is C14H15F3N2O2. The first-order valence-electron chi connectivity index (χ1n) is 6.54. The molecule has 1 aliphatic rings. The van der Waals surface area contributed by atoms with Gasteiger partial charge in [0.1, 0.15) is 6.04 Å². The predicted molar refractivity (Wildman–Crippen MR) is 70.6 cm³/mol. The van der Waals surface area contributed by atoms with Crippen LogP contribution in [-0.4, -0.2) is 35.5 Å². The molecule has 0 saturated carbocycles. The third-order valence-electron chi connectivity index (χ3n) is 3.34. The van der Waals surface area contributed by atoms with E-state index in [2.05, 4.69) is 5.32 Å². The van der Waals surface area contributed by atoms with Gasteiger partial charge in [0.2, 0.25) is 5.91 Å². The number of carbonyl (C=O) groups excluding carboxylic acids is 2. The van der Waals surface area contributed by atoms with Crippen LogP contribution >= 0.6 is 0 Å². The molecular weight excluding hydrogens is 285 g/mol. The lowest BCUT2D eigenvalue weighted by Gasteiger charge is -2.24. The van der Waals surface area contributed by atoms with Gasteiger partial charge in [-0.05, 0) is 37.5 Å². The minimum Gasteiger partial charge on any atom is -0.324 e. The van der Waals surface area contributed by atoms with Gasteiger partial charge in [-0.1, -0.05) is 12.1 Å². The van der Waals surface area contributed by atoms with E-state index in [1.54, 1.807) is 18.2 Å². The first-order valence-corrected chi connectivity index (χ1v) is 6.54. The summed E-state index contributed by atoms with van der Waals surface area (Å²) >= 11 is 0. The lowest BCUT2D eigenvalue weighted by Crippen LogP contribution is -2.48. The van der Waals surface area contributed by atoms with E-state index in [0.29, 0.717) is 17.0 Å². The molecule has 1 fully saturated rings. The zero-order valence-electron chi connectivity index (χ0n) is 11.4. The van der Waals surface area contributed by atoms with E-state index in [-0.39, 0.29) is 13.0 Å². The first-order chi connectivity index (χ1) is 9.79. The van der Waals surface area contributed by atoms with E-state index in [4.69, 9.17) is 0 Å². The second-order valence-corrected chi connectivity index (χ2v) is 5.01. The van der Waals surface area contributed by atoms with Gasteiger partial charge in [-0.3, -0.25) is 9.59 Å². The maximum absolute atomic E-state index is 12.5. The van der Waals surface area contributed by atoms with Crippen molar-refractivity contribution in [2.45, 2.75) is 32.0 Å². The normalized spacial score (nSPS) is 18.7. The van der Waals surface area contributed by atoms with Gasteiger partial charge in [0.25, 0.3) is 0 Å². The van der Waals surface area contributed by atoms with Crippen molar-refractivity contribution in [1.82, 2.24) is 4.90 Å². The van der Waals surface area contributed by atoms with E-state index in [9.17, 15) is 22.8 Å². The second-order valence-electron chi connectivity index (χ2n) is 5.01. The van der Waals surface area contributed by atoms with Crippen LogP contribution in [0.3, 0.4) is 0 Å². The highest BCUT2D eigenvalue weighted by atomic mass is 19.4. The maximum Gasteiger partial charge on any atom is 0.471 e. The average molecular weight is 300 g/mol. The van der Waals surface area contributed by atoms with Crippen molar-refractivity contribution in [2.75, 3.05) is 11.9 Å². The minimum absolute atomic E-state index is 0.0513. The van der Waals surface area contributed by atoms with Crippen LogP contribution in [0.4, 0.5) is 18.9 Å². The standard InChI is InChI=1S/C14H15F3N2O2/c1-9-4-2-5-10(8-9)18-12(20)11-6-3-7-19(11)13(21)14(15,16)17/h2,4-5,8,11H,3,6-7H2,1H3,(H,18,20). The summed E-state index contributed by atoms with van der Waals surface area (Å²) in [6.07, 6.45) is -4.33. The topological polar surface area (TPSA) is 49.4 Å². The molecule has 7 heteroatoms. The lowest BCUT2D eigenvalue weighted by atomic mass is 10.2. The molecule has 1 atom stereocenters. The molecule has 1 saturated heterocycles. The first kappa shape index (κ1) is 15.3. The van der Waals surface area contributed by atoms with E-state index >= 15 is 0 Å². The van der Waals surface area contributed by atoms with Gasteiger partial charge >= 0.3 is 12.1 Å². The summed E-state index contributed by atoms with van der Waals surface area (Å²) in [7, 11) is 0. The SMILES string of the molecule is Cc1cccc(NC(=O)C2CCCN2C(=O)C(F)(F)F)c1. The van der Waals surface area contributed by atoms with E-state index in [0.717, 1.165) is 5.56 Å². The Morgan fingerprint density at radius 3 is 2.67 bits per heavy atom. The quantitative estimate of drug-likeness (QED) is 0.912. The molecule has 2 rings (SSSR count). The number of anilines is 1. The highest BCUT2D eigenvalue weighted by Gasteiger charge is 2.47. The molecule has 1 N–H and O–H groups in total. The number of halogens is 3. The van der Waals surface area contributed by atoms with Crippen LogP contribution in [0.5, 0.6) is 0 Å². The van der Waals surface area contributed by atoms with E-state index in [1.165, 1.54) is 0 Å². The Kier molecular flexibility index (Phi) is 4.20. The highest BCUT2D eigenvalue weighted by molar-refractivity contribution is 5.98. The highest BCUT2D eigenvalue weighted by Crippen LogP contribution is 2.26. The number of carbonyl (C=O) groups is 2. The van der Waals surface area contributed by atoms with Gasteiger partial charge in [0.15, 0.2) is 0 Å². The Balaban J connectivity index is 2.09. The zero-order chi connectivity index (χ0) is 15.6. The number of benzene rings is 1.